The highest BCUT2D eigenvalue weighted by molar-refractivity contribution is 9.10. The molecule has 1 unspecified atom stereocenters. The Balaban J connectivity index is 2.04. The van der Waals surface area contributed by atoms with Crippen molar-refractivity contribution in [3.63, 3.8) is 0 Å². The summed E-state index contributed by atoms with van der Waals surface area (Å²) in [6, 6.07) is 7.02. The average molecular weight is 340 g/mol. The second kappa shape index (κ2) is 8.04. The molecule has 2 rings (SSSR count). The first-order chi connectivity index (χ1) is 9.74. The van der Waals surface area contributed by atoms with E-state index >= 15 is 0 Å². The van der Waals surface area contributed by atoms with Crippen LogP contribution in [-0.2, 0) is 0 Å². The van der Waals surface area contributed by atoms with Gasteiger partial charge in [-0.2, -0.15) is 0 Å². The van der Waals surface area contributed by atoms with E-state index in [0.717, 1.165) is 35.7 Å². The van der Waals surface area contributed by atoms with E-state index in [9.17, 15) is 0 Å². The molecule has 0 aliphatic heterocycles. The first-order valence-electron chi connectivity index (χ1n) is 7.90. The van der Waals surface area contributed by atoms with Crippen LogP contribution in [-0.4, -0.2) is 13.2 Å². The fourth-order valence-corrected chi connectivity index (χ4v) is 2.92. The van der Waals surface area contributed by atoms with Crippen LogP contribution >= 0.6 is 15.9 Å². The Morgan fingerprint density at radius 3 is 2.70 bits per heavy atom. The van der Waals surface area contributed by atoms with Gasteiger partial charge in [-0.3, -0.25) is 0 Å². The number of hydrogen-bond donors (Lipinski definition) is 1. The molecule has 112 valence electrons. The lowest BCUT2D eigenvalue weighted by atomic mass is 10.0. The van der Waals surface area contributed by atoms with E-state index in [1.165, 1.54) is 31.2 Å². The third-order valence-electron chi connectivity index (χ3n) is 3.73. The minimum atomic E-state index is 0.485. The Kier molecular flexibility index (Phi) is 6.37. The van der Waals surface area contributed by atoms with Crippen molar-refractivity contribution in [2.24, 2.45) is 5.92 Å². The molecular formula is C17H26BrNO. The molecule has 1 aromatic carbocycles. The highest BCUT2D eigenvalue weighted by Gasteiger charge is 2.26. The van der Waals surface area contributed by atoms with Crippen LogP contribution in [0.3, 0.4) is 0 Å². The van der Waals surface area contributed by atoms with Gasteiger partial charge in [0.2, 0.25) is 0 Å². The fourth-order valence-electron chi connectivity index (χ4n) is 2.41. The fraction of sp³-hybridized carbons (Fsp3) is 0.647. The van der Waals surface area contributed by atoms with Crippen molar-refractivity contribution in [1.29, 1.82) is 0 Å². The summed E-state index contributed by atoms with van der Waals surface area (Å²) in [4.78, 5) is 0. The molecule has 0 saturated heterocycles. The Hall–Kier alpha value is -0.540. The van der Waals surface area contributed by atoms with Gasteiger partial charge in [-0.1, -0.05) is 32.8 Å². The van der Waals surface area contributed by atoms with Crippen LogP contribution in [0.5, 0.6) is 5.75 Å². The molecule has 0 spiro atoms. The summed E-state index contributed by atoms with van der Waals surface area (Å²) in [7, 11) is 0. The van der Waals surface area contributed by atoms with E-state index in [2.05, 4.69) is 53.3 Å². The van der Waals surface area contributed by atoms with E-state index in [4.69, 9.17) is 4.74 Å². The van der Waals surface area contributed by atoms with Gasteiger partial charge in [0.25, 0.3) is 0 Å². The van der Waals surface area contributed by atoms with Gasteiger partial charge in [0.1, 0.15) is 5.75 Å². The number of ether oxygens (including phenoxy) is 1. The second-order valence-corrected chi connectivity index (χ2v) is 6.58. The Morgan fingerprint density at radius 1 is 1.30 bits per heavy atom. The van der Waals surface area contributed by atoms with Crippen molar-refractivity contribution in [3.05, 3.63) is 28.2 Å². The molecule has 1 N–H and O–H groups in total. The third-order valence-corrected chi connectivity index (χ3v) is 4.35. The molecule has 2 nitrogen and oxygen atoms in total. The largest absolute Gasteiger partial charge is 0.492 e. The molecule has 1 fully saturated rings. The quantitative estimate of drug-likeness (QED) is 0.677. The topological polar surface area (TPSA) is 21.3 Å². The van der Waals surface area contributed by atoms with Crippen molar-refractivity contribution in [1.82, 2.24) is 5.32 Å². The molecule has 20 heavy (non-hydrogen) atoms. The molecule has 1 aliphatic rings. The molecule has 1 aromatic rings. The zero-order valence-electron chi connectivity index (χ0n) is 12.6. The summed E-state index contributed by atoms with van der Waals surface area (Å²) in [5.41, 5.74) is 1.38. The van der Waals surface area contributed by atoms with Gasteiger partial charge in [-0.25, -0.2) is 0 Å². The van der Waals surface area contributed by atoms with Crippen molar-refractivity contribution in [2.75, 3.05) is 13.2 Å². The molecule has 0 bridgehead atoms. The molecule has 0 heterocycles. The van der Waals surface area contributed by atoms with Crippen molar-refractivity contribution < 1.29 is 4.74 Å². The Labute approximate surface area is 131 Å². The summed E-state index contributed by atoms with van der Waals surface area (Å²) in [6.45, 7) is 6.21. The Bertz CT molecular complexity index is 417. The highest BCUT2D eigenvalue weighted by atomic mass is 79.9. The summed E-state index contributed by atoms with van der Waals surface area (Å²) in [6.07, 6.45) is 6.30. The van der Waals surface area contributed by atoms with Crippen LogP contribution in [0.2, 0.25) is 0 Å². The molecule has 0 aromatic heterocycles. The maximum absolute atomic E-state index is 5.73. The number of halogens is 1. The molecular weight excluding hydrogens is 314 g/mol. The highest BCUT2D eigenvalue weighted by Crippen LogP contribution is 2.39. The SMILES string of the molecule is CCCNC(CC1CC1)c1ccc(OCCC)c(Br)c1. The molecule has 3 heteroatoms. The number of rotatable bonds is 9. The van der Waals surface area contributed by atoms with Gasteiger partial charge >= 0.3 is 0 Å². The first-order valence-corrected chi connectivity index (χ1v) is 8.69. The second-order valence-electron chi connectivity index (χ2n) is 5.72. The normalized spacial score (nSPS) is 16.1. The lowest BCUT2D eigenvalue weighted by molar-refractivity contribution is 0.315. The van der Waals surface area contributed by atoms with Gasteiger partial charge in [0.05, 0.1) is 11.1 Å². The number of benzene rings is 1. The van der Waals surface area contributed by atoms with E-state index in [1.807, 2.05) is 0 Å². The third kappa shape index (κ3) is 4.78. The zero-order chi connectivity index (χ0) is 14.4. The van der Waals surface area contributed by atoms with Crippen LogP contribution in [0.4, 0.5) is 0 Å². The van der Waals surface area contributed by atoms with Crippen LogP contribution in [0.25, 0.3) is 0 Å². The maximum Gasteiger partial charge on any atom is 0.133 e. The lowest BCUT2D eigenvalue weighted by Crippen LogP contribution is -2.22. The molecule has 0 amide bonds. The summed E-state index contributed by atoms with van der Waals surface area (Å²) < 4.78 is 6.80. The van der Waals surface area contributed by atoms with Crippen molar-refractivity contribution in [2.45, 2.75) is 52.0 Å². The van der Waals surface area contributed by atoms with Crippen LogP contribution in [0, 0.1) is 5.92 Å². The minimum absolute atomic E-state index is 0.485. The summed E-state index contributed by atoms with van der Waals surface area (Å²) >= 11 is 3.64. The van der Waals surface area contributed by atoms with Crippen LogP contribution in [0.15, 0.2) is 22.7 Å². The smallest absolute Gasteiger partial charge is 0.133 e. The predicted molar refractivity (Wildman–Crippen MR) is 88.3 cm³/mol. The van der Waals surface area contributed by atoms with E-state index in [1.54, 1.807) is 0 Å². The minimum Gasteiger partial charge on any atom is -0.492 e. The maximum atomic E-state index is 5.73. The molecule has 1 atom stereocenters. The predicted octanol–water partition coefficient (Wildman–Crippen LogP) is 5.08. The molecule has 0 radical (unpaired) electrons. The lowest BCUT2D eigenvalue weighted by Gasteiger charge is -2.20. The molecule has 1 aliphatic carbocycles. The zero-order valence-corrected chi connectivity index (χ0v) is 14.2. The van der Waals surface area contributed by atoms with Gasteiger partial charge < -0.3 is 10.1 Å². The average Bonchev–Trinajstić information content (AvgIpc) is 3.26. The monoisotopic (exact) mass is 339 g/mol. The van der Waals surface area contributed by atoms with E-state index < -0.39 is 0 Å². The van der Waals surface area contributed by atoms with E-state index in [-0.39, 0.29) is 0 Å². The Morgan fingerprint density at radius 2 is 2.10 bits per heavy atom. The summed E-state index contributed by atoms with van der Waals surface area (Å²) in [5, 5.41) is 3.69. The van der Waals surface area contributed by atoms with Crippen molar-refractivity contribution >= 4 is 15.9 Å². The van der Waals surface area contributed by atoms with E-state index in [0.29, 0.717) is 6.04 Å². The number of nitrogens with one attached hydrogen (secondary N) is 1. The van der Waals surface area contributed by atoms with Crippen LogP contribution < -0.4 is 10.1 Å². The van der Waals surface area contributed by atoms with Crippen LogP contribution in [0.1, 0.15) is 57.6 Å². The van der Waals surface area contributed by atoms with Crippen molar-refractivity contribution in [3.8, 4) is 5.75 Å². The standard InChI is InChI=1S/C17H26BrNO/c1-3-9-19-16(11-13-5-6-13)14-7-8-17(15(18)12-14)20-10-4-2/h7-8,12-13,16,19H,3-6,9-11H2,1-2H3. The first kappa shape index (κ1) is 15.8. The van der Waals surface area contributed by atoms with Gasteiger partial charge in [0.15, 0.2) is 0 Å². The number of hydrogen-bond acceptors (Lipinski definition) is 2. The molecule has 1 saturated carbocycles. The van der Waals surface area contributed by atoms with Gasteiger partial charge in [0, 0.05) is 6.04 Å². The summed E-state index contributed by atoms with van der Waals surface area (Å²) in [5.74, 6) is 1.88. The van der Waals surface area contributed by atoms with Gasteiger partial charge in [-0.05, 0) is 65.4 Å². The van der Waals surface area contributed by atoms with Gasteiger partial charge in [-0.15, -0.1) is 0 Å².